The van der Waals surface area contributed by atoms with Gasteiger partial charge in [-0.2, -0.15) is 5.26 Å². The SMILES string of the molecule is C=CC(=O)N1CCN(c2c(C#N)c(=O)n(-c3c(C)ccnc3C(C)C)c3nc(-c4c(C)c(Cl)c(F)c(Cl)c4O)c(Cl)cc23)C[C@H]1C. The Labute approximate surface area is 280 Å². The Hall–Kier alpha value is -4.17. The lowest BCUT2D eigenvalue weighted by Crippen LogP contribution is -2.54. The lowest BCUT2D eigenvalue weighted by molar-refractivity contribution is -0.128. The second-order valence-electron chi connectivity index (χ2n) is 11.5. The predicted octanol–water partition coefficient (Wildman–Crippen LogP) is 7.09. The Morgan fingerprint density at radius 1 is 1.22 bits per heavy atom. The molecule has 0 radical (unpaired) electrons. The highest BCUT2D eigenvalue weighted by molar-refractivity contribution is 6.38. The van der Waals surface area contributed by atoms with Gasteiger partial charge in [-0.05, 0) is 56.0 Å². The fraction of sp³-hybridized carbons (Fsp3) is 0.303. The summed E-state index contributed by atoms with van der Waals surface area (Å²) < 4.78 is 16.0. The molecule has 1 aliphatic heterocycles. The average molecular weight is 684 g/mol. The van der Waals surface area contributed by atoms with Crippen LogP contribution in [0.15, 0.2) is 35.8 Å². The molecule has 1 aromatic carbocycles. The molecule has 3 aromatic heterocycles. The van der Waals surface area contributed by atoms with E-state index < -0.39 is 22.1 Å². The molecule has 1 aliphatic rings. The summed E-state index contributed by atoms with van der Waals surface area (Å²) in [6.45, 7) is 13.6. The third kappa shape index (κ3) is 5.26. The molecule has 238 valence electrons. The number of aryl methyl sites for hydroxylation is 1. The first kappa shape index (κ1) is 33.2. The Morgan fingerprint density at radius 3 is 2.52 bits per heavy atom. The number of nitriles is 1. The van der Waals surface area contributed by atoms with E-state index in [2.05, 4.69) is 17.6 Å². The van der Waals surface area contributed by atoms with Gasteiger partial charge in [0.15, 0.2) is 5.82 Å². The van der Waals surface area contributed by atoms with Crippen molar-refractivity contribution in [2.24, 2.45) is 0 Å². The Morgan fingerprint density at radius 2 is 1.91 bits per heavy atom. The molecule has 4 aromatic rings. The van der Waals surface area contributed by atoms with Crippen molar-refractivity contribution in [3.05, 3.63) is 84.6 Å². The molecule has 1 atom stereocenters. The number of benzene rings is 1. The van der Waals surface area contributed by atoms with Crippen LogP contribution in [0.5, 0.6) is 5.75 Å². The molecule has 0 unspecified atom stereocenters. The second kappa shape index (κ2) is 12.6. The number of fused-ring (bicyclic) bond motifs is 1. The van der Waals surface area contributed by atoms with E-state index in [9.17, 15) is 24.3 Å². The summed E-state index contributed by atoms with van der Waals surface area (Å²) in [6, 6.07) is 5.15. The molecule has 1 amide bonds. The number of nitrogens with zero attached hydrogens (tertiary/aromatic N) is 6. The summed E-state index contributed by atoms with van der Waals surface area (Å²) >= 11 is 19.2. The minimum atomic E-state index is -0.993. The number of halogens is 4. The highest BCUT2D eigenvalue weighted by Crippen LogP contribution is 2.46. The van der Waals surface area contributed by atoms with Crippen LogP contribution in [0.3, 0.4) is 0 Å². The fourth-order valence-electron chi connectivity index (χ4n) is 6.02. The average Bonchev–Trinajstić information content (AvgIpc) is 3.02. The van der Waals surface area contributed by atoms with E-state index in [1.54, 1.807) is 23.2 Å². The third-order valence-corrected chi connectivity index (χ3v) is 9.37. The van der Waals surface area contributed by atoms with Crippen molar-refractivity contribution in [2.45, 2.75) is 46.6 Å². The molecule has 5 rings (SSSR count). The zero-order chi connectivity index (χ0) is 33.8. The minimum Gasteiger partial charge on any atom is -0.506 e. The normalized spacial score (nSPS) is 15.0. The number of carbonyl (C=O) groups is 1. The summed E-state index contributed by atoms with van der Waals surface area (Å²) in [5.74, 6) is -1.95. The number of pyridine rings is 3. The number of aromatic hydroxyl groups is 1. The van der Waals surface area contributed by atoms with E-state index in [-0.39, 0.29) is 55.9 Å². The summed E-state index contributed by atoms with van der Waals surface area (Å²) in [5, 5.41) is 21.0. The van der Waals surface area contributed by atoms with Gasteiger partial charge >= 0.3 is 0 Å². The van der Waals surface area contributed by atoms with Crippen LogP contribution in [-0.2, 0) is 4.79 Å². The molecule has 13 heteroatoms. The van der Waals surface area contributed by atoms with Crippen molar-refractivity contribution in [1.82, 2.24) is 19.4 Å². The first-order valence-corrected chi connectivity index (χ1v) is 15.6. The molecule has 4 heterocycles. The molecule has 1 saturated heterocycles. The standard InChI is InChI=1S/C33H30Cl3FN6O3/c1-7-22(44)42-11-10-41(14-17(42)5)30-19-12-21(34)28(23-18(6)24(35)26(37)25(36)31(23)45)40-32(19)43(33(46)20(30)13-38)29-16(4)8-9-39-27(29)15(2)3/h7-9,12,15,17,45H,1,10-11,14H2,2-6H3/t17-/m1/s1. The fourth-order valence-corrected chi connectivity index (χ4v) is 6.69. The number of hydrogen-bond donors (Lipinski definition) is 1. The third-order valence-electron chi connectivity index (χ3n) is 8.29. The molecule has 0 aliphatic carbocycles. The van der Waals surface area contributed by atoms with Crippen molar-refractivity contribution >= 4 is 57.4 Å². The Kier molecular flexibility index (Phi) is 9.06. The minimum absolute atomic E-state index is 0.000758. The summed E-state index contributed by atoms with van der Waals surface area (Å²) in [7, 11) is 0. The molecule has 1 N–H and O–H groups in total. The summed E-state index contributed by atoms with van der Waals surface area (Å²) in [6.07, 6.45) is 2.90. The van der Waals surface area contributed by atoms with Crippen molar-refractivity contribution in [3.8, 4) is 28.8 Å². The molecule has 0 bridgehead atoms. The highest BCUT2D eigenvalue weighted by Gasteiger charge is 2.33. The van der Waals surface area contributed by atoms with E-state index >= 15 is 0 Å². The zero-order valence-corrected chi connectivity index (χ0v) is 28.0. The van der Waals surface area contributed by atoms with Gasteiger partial charge in [0, 0.05) is 42.8 Å². The Balaban J connectivity index is 1.94. The lowest BCUT2D eigenvalue weighted by atomic mass is 10.0. The lowest BCUT2D eigenvalue weighted by Gasteiger charge is -2.41. The van der Waals surface area contributed by atoms with E-state index in [0.29, 0.717) is 47.7 Å². The quantitative estimate of drug-likeness (QED) is 0.176. The first-order chi connectivity index (χ1) is 21.7. The number of carbonyl (C=O) groups excluding carboxylic acids is 1. The highest BCUT2D eigenvalue weighted by atomic mass is 35.5. The summed E-state index contributed by atoms with van der Waals surface area (Å²) in [5.41, 5.74) is 1.51. The molecule has 0 saturated carbocycles. The number of aromatic nitrogens is 3. The van der Waals surface area contributed by atoms with Crippen LogP contribution in [0.4, 0.5) is 10.1 Å². The van der Waals surface area contributed by atoms with Crippen LogP contribution in [0.2, 0.25) is 15.1 Å². The molecular weight excluding hydrogens is 654 g/mol. The van der Waals surface area contributed by atoms with E-state index in [4.69, 9.17) is 39.8 Å². The second-order valence-corrected chi connectivity index (χ2v) is 12.7. The van der Waals surface area contributed by atoms with Crippen molar-refractivity contribution in [3.63, 3.8) is 0 Å². The van der Waals surface area contributed by atoms with Gasteiger partial charge in [-0.15, -0.1) is 0 Å². The molecular formula is C33H30Cl3FN6O3. The zero-order valence-electron chi connectivity index (χ0n) is 25.8. The van der Waals surface area contributed by atoms with Crippen LogP contribution in [0, 0.1) is 31.0 Å². The number of phenolic OH excluding ortho intramolecular Hbond substituents is 1. The molecule has 9 nitrogen and oxygen atoms in total. The van der Waals surface area contributed by atoms with Crippen LogP contribution < -0.4 is 10.5 Å². The van der Waals surface area contributed by atoms with Crippen LogP contribution in [0.1, 0.15) is 49.1 Å². The maximum Gasteiger partial charge on any atom is 0.276 e. The summed E-state index contributed by atoms with van der Waals surface area (Å²) in [4.78, 5) is 39.9. The number of rotatable bonds is 5. The monoisotopic (exact) mass is 682 g/mol. The van der Waals surface area contributed by atoms with Gasteiger partial charge in [0.2, 0.25) is 5.91 Å². The van der Waals surface area contributed by atoms with Gasteiger partial charge in [-0.3, -0.25) is 19.1 Å². The van der Waals surface area contributed by atoms with Gasteiger partial charge < -0.3 is 14.9 Å². The Bertz CT molecular complexity index is 2030. The number of piperazine rings is 1. The molecule has 0 spiro atoms. The van der Waals surface area contributed by atoms with Crippen LogP contribution in [-0.4, -0.2) is 56.1 Å². The maximum atomic E-state index is 14.7. The number of phenols is 1. The first-order valence-electron chi connectivity index (χ1n) is 14.4. The number of hydrogen-bond acceptors (Lipinski definition) is 7. The topological polar surface area (TPSA) is 115 Å². The smallest absolute Gasteiger partial charge is 0.276 e. The van der Waals surface area contributed by atoms with Crippen molar-refractivity contribution in [1.29, 1.82) is 5.26 Å². The van der Waals surface area contributed by atoms with Crippen LogP contribution >= 0.6 is 34.8 Å². The predicted molar refractivity (Wildman–Crippen MR) is 179 cm³/mol. The number of amides is 1. The maximum absolute atomic E-state index is 14.7. The van der Waals surface area contributed by atoms with Gasteiger partial charge in [0.1, 0.15) is 28.1 Å². The van der Waals surface area contributed by atoms with E-state index in [0.717, 1.165) is 0 Å². The molecule has 46 heavy (non-hydrogen) atoms. The van der Waals surface area contributed by atoms with Crippen molar-refractivity contribution in [2.75, 3.05) is 24.5 Å². The van der Waals surface area contributed by atoms with E-state index in [1.807, 2.05) is 32.6 Å². The van der Waals surface area contributed by atoms with Gasteiger partial charge in [-0.25, -0.2) is 9.37 Å². The molecule has 1 fully saturated rings. The van der Waals surface area contributed by atoms with Crippen LogP contribution in [0.25, 0.3) is 28.0 Å². The largest absolute Gasteiger partial charge is 0.506 e. The van der Waals surface area contributed by atoms with Gasteiger partial charge in [0.25, 0.3) is 5.56 Å². The van der Waals surface area contributed by atoms with Gasteiger partial charge in [0.05, 0.1) is 32.8 Å². The van der Waals surface area contributed by atoms with E-state index in [1.165, 1.54) is 17.6 Å². The van der Waals surface area contributed by atoms with Gasteiger partial charge in [-0.1, -0.05) is 55.2 Å². The number of anilines is 1. The van der Waals surface area contributed by atoms with Crippen molar-refractivity contribution < 1.29 is 14.3 Å².